The van der Waals surface area contributed by atoms with Crippen LogP contribution in [-0.2, 0) is 6.42 Å². The SMILES string of the molecule is Cl.O=C(C=C(O)c1ncc[nH]1)c1ccc(Cc2ccc(F)cc2)o1. The first-order valence-corrected chi connectivity index (χ1v) is 6.90. The van der Waals surface area contributed by atoms with Crippen molar-refractivity contribution < 1.29 is 18.7 Å². The minimum absolute atomic E-state index is 0. The molecule has 0 aliphatic carbocycles. The molecule has 0 atom stereocenters. The Bertz CT molecular complexity index is 839. The number of furan rings is 1. The fourth-order valence-electron chi connectivity index (χ4n) is 2.08. The normalized spacial score (nSPS) is 11.1. The number of benzene rings is 1. The summed E-state index contributed by atoms with van der Waals surface area (Å²) in [4.78, 5) is 18.6. The summed E-state index contributed by atoms with van der Waals surface area (Å²) >= 11 is 0. The molecule has 0 aliphatic heterocycles. The van der Waals surface area contributed by atoms with E-state index in [1.54, 1.807) is 18.2 Å². The maximum atomic E-state index is 12.9. The number of allylic oxidation sites excluding steroid dienone is 1. The van der Waals surface area contributed by atoms with Gasteiger partial charge < -0.3 is 14.5 Å². The van der Waals surface area contributed by atoms with E-state index in [0.717, 1.165) is 11.6 Å². The molecule has 2 N–H and O–H groups in total. The molecule has 0 spiro atoms. The van der Waals surface area contributed by atoms with Gasteiger partial charge in [0.15, 0.2) is 17.3 Å². The average Bonchev–Trinajstić information content (AvgIpc) is 3.21. The van der Waals surface area contributed by atoms with Crippen LogP contribution in [0.15, 0.2) is 59.3 Å². The summed E-state index contributed by atoms with van der Waals surface area (Å²) < 4.78 is 18.3. The van der Waals surface area contributed by atoms with Crippen LogP contribution in [0.3, 0.4) is 0 Å². The number of ketones is 1. The average molecular weight is 349 g/mol. The summed E-state index contributed by atoms with van der Waals surface area (Å²) in [6.07, 6.45) is 4.50. The number of aliphatic hydroxyl groups excluding tert-OH is 1. The van der Waals surface area contributed by atoms with Gasteiger partial charge in [0.05, 0.1) is 0 Å². The van der Waals surface area contributed by atoms with Crippen LogP contribution >= 0.6 is 12.4 Å². The van der Waals surface area contributed by atoms with E-state index in [9.17, 15) is 14.3 Å². The van der Waals surface area contributed by atoms with E-state index in [1.807, 2.05) is 0 Å². The largest absolute Gasteiger partial charge is 0.504 e. The van der Waals surface area contributed by atoms with Gasteiger partial charge in [0.2, 0.25) is 5.78 Å². The van der Waals surface area contributed by atoms with Gasteiger partial charge in [-0.15, -0.1) is 12.4 Å². The molecule has 1 aromatic carbocycles. The van der Waals surface area contributed by atoms with Crippen molar-refractivity contribution in [2.75, 3.05) is 0 Å². The maximum absolute atomic E-state index is 12.9. The molecule has 0 saturated heterocycles. The van der Waals surface area contributed by atoms with E-state index >= 15 is 0 Å². The monoisotopic (exact) mass is 348 g/mol. The molecule has 0 saturated carbocycles. The first-order chi connectivity index (χ1) is 11.1. The van der Waals surface area contributed by atoms with Crippen LogP contribution in [-0.4, -0.2) is 20.9 Å². The van der Waals surface area contributed by atoms with Crippen molar-refractivity contribution in [1.29, 1.82) is 0 Å². The lowest BCUT2D eigenvalue weighted by molar-refractivity contribution is 0.101. The lowest BCUT2D eigenvalue weighted by Gasteiger charge is -1.98. The Hall–Kier alpha value is -2.86. The third kappa shape index (κ3) is 4.11. The number of aliphatic hydroxyl groups is 1. The van der Waals surface area contributed by atoms with Gasteiger partial charge in [0, 0.05) is 24.9 Å². The van der Waals surface area contributed by atoms with Gasteiger partial charge in [-0.2, -0.15) is 0 Å². The number of carbonyl (C=O) groups is 1. The van der Waals surface area contributed by atoms with Crippen LogP contribution in [0.4, 0.5) is 4.39 Å². The third-order valence-corrected chi connectivity index (χ3v) is 3.20. The molecular formula is C17H14ClFN2O3. The van der Waals surface area contributed by atoms with E-state index in [1.165, 1.54) is 30.6 Å². The van der Waals surface area contributed by atoms with Gasteiger partial charge in [-0.05, 0) is 29.8 Å². The molecule has 0 fully saturated rings. The topological polar surface area (TPSA) is 79.1 Å². The molecule has 24 heavy (non-hydrogen) atoms. The van der Waals surface area contributed by atoms with Crippen LogP contribution in [0.25, 0.3) is 5.76 Å². The highest BCUT2D eigenvalue weighted by molar-refractivity contribution is 6.05. The second kappa shape index (κ2) is 7.61. The van der Waals surface area contributed by atoms with Crippen LogP contribution in [0, 0.1) is 5.82 Å². The standard InChI is InChI=1S/C17H13FN2O3.ClH/c18-12-3-1-11(2-4-12)9-13-5-6-16(23-13)14(21)10-15(22)17-19-7-8-20-17;/h1-8,10,22H,9H2,(H,19,20);1H. The Morgan fingerprint density at radius 1 is 1.25 bits per heavy atom. The predicted octanol–water partition coefficient (Wildman–Crippen LogP) is 3.94. The minimum atomic E-state index is -0.468. The fraction of sp³-hybridized carbons (Fsp3) is 0.0588. The third-order valence-electron chi connectivity index (χ3n) is 3.20. The molecular weight excluding hydrogens is 335 g/mol. The van der Waals surface area contributed by atoms with Gasteiger partial charge in [0.25, 0.3) is 0 Å². The number of aromatic amines is 1. The summed E-state index contributed by atoms with van der Waals surface area (Å²) in [6.45, 7) is 0. The number of hydrogen-bond acceptors (Lipinski definition) is 4. The van der Waals surface area contributed by atoms with Gasteiger partial charge in [0.1, 0.15) is 11.6 Å². The summed E-state index contributed by atoms with van der Waals surface area (Å²) in [5.74, 6) is -0.147. The molecule has 0 bridgehead atoms. The lowest BCUT2D eigenvalue weighted by atomic mass is 10.1. The number of rotatable bonds is 5. The Balaban J connectivity index is 0.00000208. The first-order valence-electron chi connectivity index (χ1n) is 6.90. The fourth-order valence-corrected chi connectivity index (χ4v) is 2.08. The number of hydrogen-bond donors (Lipinski definition) is 2. The molecule has 5 nitrogen and oxygen atoms in total. The predicted molar refractivity (Wildman–Crippen MR) is 88.7 cm³/mol. The highest BCUT2D eigenvalue weighted by atomic mass is 35.5. The van der Waals surface area contributed by atoms with E-state index in [0.29, 0.717) is 12.2 Å². The van der Waals surface area contributed by atoms with E-state index < -0.39 is 5.78 Å². The van der Waals surface area contributed by atoms with Crippen molar-refractivity contribution in [3.05, 3.63) is 83.6 Å². The molecule has 0 aliphatic rings. The number of nitrogens with one attached hydrogen (secondary N) is 1. The van der Waals surface area contributed by atoms with E-state index in [4.69, 9.17) is 4.42 Å². The molecule has 3 rings (SSSR count). The van der Waals surface area contributed by atoms with Gasteiger partial charge in [-0.25, -0.2) is 9.37 Å². The van der Waals surface area contributed by atoms with Crippen molar-refractivity contribution in [2.45, 2.75) is 6.42 Å². The number of H-pyrrole nitrogens is 1. The molecule has 7 heteroatoms. The van der Waals surface area contributed by atoms with Crippen molar-refractivity contribution in [2.24, 2.45) is 0 Å². The number of nitrogens with zero attached hydrogens (tertiary/aromatic N) is 1. The van der Waals surface area contributed by atoms with Crippen LogP contribution in [0.1, 0.15) is 27.7 Å². The Labute approximate surface area is 143 Å². The molecule has 3 aromatic rings. The van der Waals surface area contributed by atoms with Crippen molar-refractivity contribution in [3.8, 4) is 0 Å². The highest BCUT2D eigenvalue weighted by Crippen LogP contribution is 2.16. The lowest BCUT2D eigenvalue weighted by Crippen LogP contribution is -1.96. The summed E-state index contributed by atoms with van der Waals surface area (Å²) in [6, 6.07) is 9.26. The zero-order valence-corrected chi connectivity index (χ0v) is 13.2. The summed E-state index contributed by atoms with van der Waals surface area (Å²) in [5, 5.41) is 9.78. The first kappa shape index (κ1) is 17.5. The number of halogens is 2. The zero-order valence-electron chi connectivity index (χ0n) is 12.4. The quantitative estimate of drug-likeness (QED) is 0.416. The minimum Gasteiger partial charge on any atom is -0.504 e. The molecule has 124 valence electrons. The number of carbonyl (C=O) groups excluding carboxylic acids is 1. The summed E-state index contributed by atoms with van der Waals surface area (Å²) in [7, 11) is 0. The van der Waals surface area contributed by atoms with Gasteiger partial charge in [-0.1, -0.05) is 12.1 Å². The molecule has 2 heterocycles. The van der Waals surface area contributed by atoms with Crippen molar-refractivity contribution >= 4 is 23.9 Å². The van der Waals surface area contributed by atoms with Crippen molar-refractivity contribution in [1.82, 2.24) is 9.97 Å². The molecule has 0 amide bonds. The maximum Gasteiger partial charge on any atom is 0.224 e. The van der Waals surface area contributed by atoms with E-state index in [2.05, 4.69) is 9.97 Å². The van der Waals surface area contributed by atoms with Crippen molar-refractivity contribution in [3.63, 3.8) is 0 Å². The molecule has 0 unspecified atom stereocenters. The smallest absolute Gasteiger partial charge is 0.224 e. The Kier molecular flexibility index (Phi) is 5.55. The molecule has 0 radical (unpaired) electrons. The number of imidazole rings is 1. The van der Waals surface area contributed by atoms with Crippen LogP contribution in [0.2, 0.25) is 0 Å². The Morgan fingerprint density at radius 3 is 2.67 bits per heavy atom. The second-order valence-electron chi connectivity index (χ2n) is 4.90. The van der Waals surface area contributed by atoms with Gasteiger partial charge in [-0.3, -0.25) is 4.79 Å². The van der Waals surface area contributed by atoms with Crippen LogP contribution < -0.4 is 0 Å². The van der Waals surface area contributed by atoms with E-state index in [-0.39, 0.29) is 35.6 Å². The Morgan fingerprint density at radius 2 is 2.00 bits per heavy atom. The molecule has 2 aromatic heterocycles. The highest BCUT2D eigenvalue weighted by Gasteiger charge is 2.12. The van der Waals surface area contributed by atoms with Gasteiger partial charge >= 0.3 is 0 Å². The summed E-state index contributed by atoms with van der Waals surface area (Å²) in [5.41, 5.74) is 0.869. The zero-order chi connectivity index (χ0) is 16.2. The van der Waals surface area contributed by atoms with Crippen LogP contribution in [0.5, 0.6) is 0 Å². The number of aromatic nitrogens is 2. The second-order valence-corrected chi connectivity index (χ2v) is 4.90.